The second kappa shape index (κ2) is 9.00. The van der Waals surface area contributed by atoms with Gasteiger partial charge >= 0.3 is 5.97 Å². The molecule has 0 spiro atoms. The molecule has 1 aliphatic rings. The fourth-order valence-corrected chi connectivity index (χ4v) is 3.78. The normalized spacial score (nSPS) is 20.8. The summed E-state index contributed by atoms with van der Waals surface area (Å²) in [6.45, 7) is 6.40. The zero-order valence-corrected chi connectivity index (χ0v) is 16.2. The summed E-state index contributed by atoms with van der Waals surface area (Å²) in [5, 5.41) is 5.50. The minimum absolute atomic E-state index is 0.00622. The van der Waals surface area contributed by atoms with Crippen LogP contribution in [0.1, 0.15) is 38.3 Å². The van der Waals surface area contributed by atoms with Crippen molar-refractivity contribution in [3.05, 3.63) is 48.0 Å². The minimum atomic E-state index is -0.0917. The molecule has 27 heavy (non-hydrogen) atoms. The third-order valence-electron chi connectivity index (χ3n) is 5.37. The van der Waals surface area contributed by atoms with Crippen LogP contribution in [-0.4, -0.2) is 38.1 Å². The van der Waals surface area contributed by atoms with Crippen LogP contribution in [0.4, 0.5) is 0 Å². The number of carbonyl (C=O) groups excluding carboxylic acids is 2. The van der Waals surface area contributed by atoms with Gasteiger partial charge in [0.05, 0.1) is 31.7 Å². The highest BCUT2D eigenvalue weighted by Gasteiger charge is 2.29. The number of rotatable bonds is 6. The van der Waals surface area contributed by atoms with Crippen molar-refractivity contribution in [2.24, 2.45) is 5.92 Å². The second-order valence-corrected chi connectivity index (χ2v) is 7.35. The molecule has 2 aromatic carbocycles. The Morgan fingerprint density at radius 3 is 2.56 bits per heavy atom. The van der Waals surface area contributed by atoms with Crippen LogP contribution in [0, 0.1) is 5.92 Å². The maximum absolute atomic E-state index is 12.5. The predicted molar refractivity (Wildman–Crippen MR) is 105 cm³/mol. The van der Waals surface area contributed by atoms with Gasteiger partial charge in [0.2, 0.25) is 0 Å². The number of piperidine rings is 1. The van der Waals surface area contributed by atoms with Crippen LogP contribution in [0.15, 0.2) is 42.5 Å². The van der Waals surface area contributed by atoms with E-state index in [0.717, 1.165) is 31.5 Å². The van der Waals surface area contributed by atoms with Crippen molar-refractivity contribution in [1.29, 1.82) is 0 Å². The Morgan fingerprint density at radius 2 is 1.85 bits per heavy atom. The average Bonchev–Trinajstić information content (AvgIpc) is 2.68. The molecule has 1 fully saturated rings. The van der Waals surface area contributed by atoms with Crippen LogP contribution >= 0.6 is 0 Å². The average molecular weight is 369 g/mol. The van der Waals surface area contributed by atoms with Crippen LogP contribution in [0.25, 0.3) is 10.8 Å². The molecule has 1 aliphatic heterocycles. The third kappa shape index (κ3) is 5.07. The van der Waals surface area contributed by atoms with Gasteiger partial charge in [0.1, 0.15) is 0 Å². The minimum Gasteiger partial charge on any atom is -0.466 e. The van der Waals surface area contributed by atoms with Crippen LogP contribution in [-0.2, 0) is 14.3 Å². The summed E-state index contributed by atoms with van der Waals surface area (Å²) in [6.07, 6.45) is 1.59. The Labute approximate surface area is 160 Å². The summed E-state index contributed by atoms with van der Waals surface area (Å²) in [6, 6.07) is 14.5. The summed E-state index contributed by atoms with van der Waals surface area (Å²) in [5.74, 6) is -0.0422. The van der Waals surface area contributed by atoms with Crippen molar-refractivity contribution >= 4 is 22.6 Å². The van der Waals surface area contributed by atoms with Gasteiger partial charge in [-0.05, 0) is 36.2 Å². The Kier molecular flexibility index (Phi) is 6.45. The first-order valence-electron chi connectivity index (χ1n) is 9.85. The van der Waals surface area contributed by atoms with Crippen LogP contribution < -0.4 is 10.2 Å². The van der Waals surface area contributed by atoms with Crippen molar-refractivity contribution in [3.63, 3.8) is 0 Å². The van der Waals surface area contributed by atoms with E-state index in [1.54, 1.807) is 0 Å². The lowest BCUT2D eigenvalue weighted by atomic mass is 9.97. The molecule has 0 saturated carbocycles. The van der Waals surface area contributed by atoms with Gasteiger partial charge in [-0.15, -0.1) is 0 Å². The Balaban J connectivity index is 1.49. The van der Waals surface area contributed by atoms with Crippen molar-refractivity contribution in [3.8, 4) is 0 Å². The molecule has 1 amide bonds. The molecule has 0 radical (unpaired) electrons. The molecule has 144 valence electrons. The summed E-state index contributed by atoms with van der Waals surface area (Å²) in [5.41, 5.74) is 1.11. The lowest BCUT2D eigenvalue weighted by Crippen LogP contribution is -3.14. The van der Waals surface area contributed by atoms with Gasteiger partial charge in [-0.1, -0.05) is 36.4 Å². The topological polar surface area (TPSA) is 59.8 Å². The fourth-order valence-electron chi connectivity index (χ4n) is 3.78. The number of benzene rings is 2. The van der Waals surface area contributed by atoms with E-state index in [1.807, 2.05) is 26.0 Å². The largest absolute Gasteiger partial charge is 0.466 e. The van der Waals surface area contributed by atoms with E-state index in [4.69, 9.17) is 4.74 Å². The number of quaternary nitrogens is 1. The number of likely N-dealkylation sites (tertiary alicyclic amines) is 1. The molecule has 1 heterocycles. The van der Waals surface area contributed by atoms with E-state index >= 15 is 0 Å². The summed E-state index contributed by atoms with van der Waals surface area (Å²) in [4.78, 5) is 25.5. The maximum atomic E-state index is 12.5. The summed E-state index contributed by atoms with van der Waals surface area (Å²) < 4.78 is 5.10. The standard InChI is InChI=1S/C22H28N2O3/c1-3-27-22(26)18-10-12-24(13-11-18)15-21(25)23-16(2)19-9-8-17-6-4-5-7-20(17)14-19/h4-9,14,16,18H,3,10-13,15H2,1-2H3,(H,23,25)/p+1/t16-/m0/s1. The second-order valence-electron chi connectivity index (χ2n) is 7.35. The van der Waals surface area contributed by atoms with Crippen molar-refractivity contribution < 1.29 is 19.2 Å². The summed E-state index contributed by atoms with van der Waals surface area (Å²) in [7, 11) is 0. The molecule has 2 N–H and O–H groups in total. The zero-order chi connectivity index (χ0) is 19.2. The van der Waals surface area contributed by atoms with Crippen LogP contribution in [0.2, 0.25) is 0 Å². The molecule has 5 heteroatoms. The molecule has 0 aromatic heterocycles. The van der Waals surface area contributed by atoms with Crippen molar-refractivity contribution in [2.45, 2.75) is 32.7 Å². The Morgan fingerprint density at radius 1 is 1.15 bits per heavy atom. The van der Waals surface area contributed by atoms with Crippen LogP contribution in [0.3, 0.4) is 0 Å². The van der Waals surface area contributed by atoms with Crippen molar-refractivity contribution in [2.75, 3.05) is 26.2 Å². The molecule has 5 nitrogen and oxygen atoms in total. The Hall–Kier alpha value is -2.40. The highest BCUT2D eigenvalue weighted by Crippen LogP contribution is 2.20. The van der Waals surface area contributed by atoms with E-state index in [2.05, 4.69) is 35.6 Å². The zero-order valence-electron chi connectivity index (χ0n) is 16.2. The molecule has 1 saturated heterocycles. The first-order valence-corrected chi connectivity index (χ1v) is 9.85. The van der Waals surface area contributed by atoms with Gasteiger partial charge in [0, 0.05) is 12.8 Å². The molecule has 1 atom stereocenters. The Bertz CT molecular complexity index is 797. The van der Waals surface area contributed by atoms with Gasteiger partial charge in [-0.2, -0.15) is 0 Å². The van der Waals surface area contributed by atoms with Gasteiger partial charge < -0.3 is 15.0 Å². The number of fused-ring (bicyclic) bond motifs is 1. The number of nitrogens with one attached hydrogen (secondary N) is 2. The number of hydrogen-bond acceptors (Lipinski definition) is 3. The molecular formula is C22H29N2O3+. The lowest BCUT2D eigenvalue weighted by molar-refractivity contribution is -0.897. The van der Waals surface area contributed by atoms with E-state index in [0.29, 0.717) is 13.2 Å². The lowest BCUT2D eigenvalue weighted by Gasteiger charge is -2.28. The molecule has 0 aliphatic carbocycles. The van der Waals surface area contributed by atoms with Crippen LogP contribution in [0.5, 0.6) is 0 Å². The monoisotopic (exact) mass is 369 g/mol. The smallest absolute Gasteiger partial charge is 0.309 e. The highest BCUT2D eigenvalue weighted by atomic mass is 16.5. The molecule has 0 bridgehead atoms. The maximum Gasteiger partial charge on any atom is 0.309 e. The summed E-state index contributed by atoms with van der Waals surface area (Å²) >= 11 is 0. The van der Waals surface area contributed by atoms with Gasteiger partial charge in [0.25, 0.3) is 5.91 Å². The number of ether oxygens (including phenoxy) is 1. The predicted octanol–water partition coefficient (Wildman–Crippen LogP) is 1.88. The first-order chi connectivity index (χ1) is 13.1. The van der Waals surface area contributed by atoms with E-state index in [-0.39, 0.29) is 23.8 Å². The number of amides is 1. The SMILES string of the molecule is CCOC(=O)C1CC[NH+](CC(=O)N[C@@H](C)c2ccc3ccccc3c2)CC1. The van der Waals surface area contributed by atoms with E-state index < -0.39 is 0 Å². The van der Waals surface area contributed by atoms with Gasteiger partial charge in [-0.25, -0.2) is 0 Å². The first kappa shape index (κ1) is 19.4. The fraction of sp³-hybridized carbons (Fsp3) is 0.455. The number of hydrogen-bond donors (Lipinski definition) is 2. The molecule has 2 aromatic rings. The quantitative estimate of drug-likeness (QED) is 0.765. The van der Waals surface area contributed by atoms with Crippen molar-refractivity contribution in [1.82, 2.24) is 5.32 Å². The van der Waals surface area contributed by atoms with Gasteiger partial charge in [0.15, 0.2) is 6.54 Å². The third-order valence-corrected chi connectivity index (χ3v) is 5.37. The number of carbonyl (C=O) groups is 2. The molecule has 0 unspecified atom stereocenters. The van der Waals surface area contributed by atoms with E-state index in [1.165, 1.54) is 15.7 Å². The highest BCUT2D eigenvalue weighted by molar-refractivity contribution is 5.83. The van der Waals surface area contributed by atoms with Gasteiger partial charge in [-0.3, -0.25) is 9.59 Å². The molecular weight excluding hydrogens is 340 g/mol. The van der Waals surface area contributed by atoms with E-state index in [9.17, 15) is 9.59 Å². The number of esters is 1. The molecule has 3 rings (SSSR count).